The van der Waals surface area contributed by atoms with Crippen LogP contribution in [-0.2, 0) is 4.74 Å². The SMILES string of the molecule is COCCN(CCO)c1c(Cl)cc([N+](=O)[O-])cc1C(=O)O. The van der Waals surface area contributed by atoms with Gasteiger partial charge in [0.1, 0.15) is 0 Å². The largest absolute Gasteiger partial charge is 0.478 e. The van der Waals surface area contributed by atoms with E-state index in [1.54, 1.807) is 0 Å². The van der Waals surface area contributed by atoms with Gasteiger partial charge in [-0.15, -0.1) is 0 Å². The summed E-state index contributed by atoms with van der Waals surface area (Å²) in [5.41, 5.74) is -0.573. The normalized spacial score (nSPS) is 10.4. The monoisotopic (exact) mass is 318 g/mol. The van der Waals surface area contributed by atoms with Crippen molar-refractivity contribution in [3.8, 4) is 0 Å². The number of nitro groups is 1. The maximum Gasteiger partial charge on any atom is 0.338 e. The van der Waals surface area contributed by atoms with E-state index < -0.39 is 16.6 Å². The number of nitro benzene ring substituents is 1. The highest BCUT2D eigenvalue weighted by Gasteiger charge is 2.23. The summed E-state index contributed by atoms with van der Waals surface area (Å²) in [6.07, 6.45) is 0. The molecule has 0 atom stereocenters. The van der Waals surface area contributed by atoms with Gasteiger partial charge in [-0.05, 0) is 0 Å². The Morgan fingerprint density at radius 1 is 1.48 bits per heavy atom. The van der Waals surface area contributed by atoms with E-state index in [1.165, 1.54) is 12.0 Å². The molecule has 1 aromatic carbocycles. The number of halogens is 1. The summed E-state index contributed by atoms with van der Waals surface area (Å²) >= 11 is 6.00. The summed E-state index contributed by atoms with van der Waals surface area (Å²) in [5.74, 6) is -1.34. The molecule has 0 unspecified atom stereocenters. The number of aliphatic hydroxyl groups is 1. The smallest absolute Gasteiger partial charge is 0.338 e. The summed E-state index contributed by atoms with van der Waals surface area (Å²) in [6.45, 7) is 0.471. The van der Waals surface area contributed by atoms with Crippen molar-refractivity contribution in [3.63, 3.8) is 0 Å². The van der Waals surface area contributed by atoms with Gasteiger partial charge < -0.3 is 19.8 Å². The van der Waals surface area contributed by atoms with E-state index >= 15 is 0 Å². The van der Waals surface area contributed by atoms with Gasteiger partial charge >= 0.3 is 5.97 Å². The molecule has 1 aromatic rings. The first-order chi connectivity index (χ1) is 9.92. The first kappa shape index (κ1) is 17.2. The lowest BCUT2D eigenvalue weighted by atomic mass is 10.1. The number of carbonyl (C=O) groups is 1. The molecule has 0 amide bonds. The van der Waals surface area contributed by atoms with Crippen LogP contribution in [0.4, 0.5) is 11.4 Å². The molecule has 0 saturated carbocycles. The number of nitrogens with zero attached hydrogens (tertiary/aromatic N) is 2. The topological polar surface area (TPSA) is 113 Å². The second kappa shape index (κ2) is 7.77. The van der Waals surface area contributed by atoms with E-state index in [0.717, 1.165) is 12.1 Å². The minimum Gasteiger partial charge on any atom is -0.478 e. The van der Waals surface area contributed by atoms with Gasteiger partial charge in [0.15, 0.2) is 0 Å². The number of non-ortho nitro benzene ring substituents is 1. The van der Waals surface area contributed by atoms with Crippen molar-refractivity contribution >= 4 is 28.9 Å². The number of carboxylic acid groups (broad SMARTS) is 1. The molecule has 2 N–H and O–H groups in total. The van der Waals surface area contributed by atoms with Crippen molar-refractivity contribution in [2.75, 3.05) is 38.3 Å². The standard InChI is InChI=1S/C12H15ClN2O6/c1-21-5-3-14(2-4-16)11-9(12(17)18)6-8(15(19)20)7-10(11)13/h6-7,16H,2-5H2,1H3,(H,17,18). The highest BCUT2D eigenvalue weighted by Crippen LogP contribution is 2.34. The number of hydrogen-bond acceptors (Lipinski definition) is 6. The minimum atomic E-state index is -1.34. The molecule has 21 heavy (non-hydrogen) atoms. The summed E-state index contributed by atoms with van der Waals surface area (Å²) < 4.78 is 4.92. The number of ether oxygens (including phenoxy) is 1. The molecule has 8 nitrogen and oxygen atoms in total. The molecule has 0 spiro atoms. The fraction of sp³-hybridized carbons (Fsp3) is 0.417. The van der Waals surface area contributed by atoms with E-state index in [-0.39, 0.29) is 42.6 Å². The highest BCUT2D eigenvalue weighted by atomic mass is 35.5. The van der Waals surface area contributed by atoms with Gasteiger partial charge in [0.2, 0.25) is 0 Å². The van der Waals surface area contributed by atoms with Crippen LogP contribution >= 0.6 is 11.6 Å². The van der Waals surface area contributed by atoms with Crippen LogP contribution in [0.5, 0.6) is 0 Å². The summed E-state index contributed by atoms with van der Waals surface area (Å²) in [7, 11) is 1.48. The molecule has 0 saturated heterocycles. The van der Waals surface area contributed by atoms with Crippen LogP contribution in [-0.4, -0.2) is 54.5 Å². The molecule has 9 heteroatoms. The number of hydrogen-bond donors (Lipinski definition) is 2. The van der Waals surface area contributed by atoms with E-state index in [0.29, 0.717) is 0 Å². The number of methoxy groups -OCH3 is 1. The second-order valence-corrected chi connectivity index (χ2v) is 4.50. The van der Waals surface area contributed by atoms with Crippen LogP contribution in [0.2, 0.25) is 5.02 Å². The number of anilines is 1. The lowest BCUT2D eigenvalue weighted by Gasteiger charge is -2.26. The lowest BCUT2D eigenvalue weighted by Crippen LogP contribution is -2.32. The van der Waals surface area contributed by atoms with Crippen molar-refractivity contribution in [1.29, 1.82) is 0 Å². The zero-order valence-electron chi connectivity index (χ0n) is 11.3. The van der Waals surface area contributed by atoms with Crippen molar-refractivity contribution in [3.05, 3.63) is 32.8 Å². The van der Waals surface area contributed by atoms with Gasteiger partial charge in [0.05, 0.1) is 34.4 Å². The van der Waals surface area contributed by atoms with E-state index in [4.69, 9.17) is 21.4 Å². The van der Waals surface area contributed by atoms with Gasteiger partial charge in [0.25, 0.3) is 5.69 Å². The quantitative estimate of drug-likeness (QED) is 0.550. The van der Waals surface area contributed by atoms with Gasteiger partial charge in [-0.1, -0.05) is 11.6 Å². The van der Waals surface area contributed by atoms with Crippen LogP contribution in [0, 0.1) is 10.1 Å². The average molecular weight is 319 g/mol. The molecule has 0 bridgehead atoms. The third-order valence-electron chi connectivity index (χ3n) is 2.74. The zero-order valence-corrected chi connectivity index (χ0v) is 12.0. The van der Waals surface area contributed by atoms with Gasteiger partial charge in [-0.25, -0.2) is 4.79 Å². The van der Waals surface area contributed by atoms with E-state index in [9.17, 15) is 20.0 Å². The number of rotatable bonds is 8. The molecule has 0 aliphatic rings. The zero-order chi connectivity index (χ0) is 16.0. The molecule has 0 radical (unpaired) electrons. The lowest BCUT2D eigenvalue weighted by molar-refractivity contribution is -0.384. The Bertz CT molecular complexity index is 537. The van der Waals surface area contributed by atoms with Gasteiger partial charge in [0, 0.05) is 32.3 Å². The Kier molecular flexibility index (Phi) is 6.35. The number of carboxylic acids is 1. The molecular weight excluding hydrogens is 304 g/mol. The Hall–Kier alpha value is -1.90. The summed E-state index contributed by atoms with van der Waals surface area (Å²) in [5, 5.41) is 29.0. The fourth-order valence-corrected chi connectivity index (χ4v) is 2.17. The minimum absolute atomic E-state index is 0.0637. The third kappa shape index (κ3) is 4.28. The summed E-state index contributed by atoms with van der Waals surface area (Å²) in [4.78, 5) is 22.9. The molecule has 0 aromatic heterocycles. The molecule has 116 valence electrons. The molecule has 1 rings (SSSR count). The molecule has 0 fully saturated rings. The Balaban J connectivity index is 3.36. The van der Waals surface area contributed by atoms with Crippen LogP contribution < -0.4 is 4.90 Å². The predicted molar refractivity (Wildman–Crippen MR) is 76.2 cm³/mol. The van der Waals surface area contributed by atoms with Crippen LogP contribution in [0.1, 0.15) is 10.4 Å². The van der Waals surface area contributed by atoms with Crippen molar-refractivity contribution in [2.24, 2.45) is 0 Å². The summed E-state index contributed by atoms with van der Waals surface area (Å²) in [6, 6.07) is 2.03. The number of aromatic carboxylic acids is 1. The molecule has 0 aliphatic carbocycles. The van der Waals surface area contributed by atoms with Gasteiger partial charge in [-0.3, -0.25) is 10.1 Å². The van der Waals surface area contributed by atoms with Crippen molar-refractivity contribution in [2.45, 2.75) is 0 Å². The Morgan fingerprint density at radius 2 is 2.14 bits per heavy atom. The van der Waals surface area contributed by atoms with Crippen molar-refractivity contribution < 1.29 is 24.7 Å². The van der Waals surface area contributed by atoms with E-state index in [1.807, 2.05) is 0 Å². The predicted octanol–water partition coefficient (Wildman–Crippen LogP) is 1.39. The third-order valence-corrected chi connectivity index (χ3v) is 3.03. The van der Waals surface area contributed by atoms with Crippen LogP contribution in [0.25, 0.3) is 0 Å². The highest BCUT2D eigenvalue weighted by molar-refractivity contribution is 6.34. The molecular formula is C12H15ClN2O6. The van der Waals surface area contributed by atoms with Gasteiger partial charge in [-0.2, -0.15) is 0 Å². The maximum absolute atomic E-state index is 11.3. The first-order valence-corrected chi connectivity index (χ1v) is 6.36. The first-order valence-electron chi connectivity index (χ1n) is 5.98. The van der Waals surface area contributed by atoms with Crippen molar-refractivity contribution in [1.82, 2.24) is 0 Å². The second-order valence-electron chi connectivity index (χ2n) is 4.09. The number of aliphatic hydroxyl groups excluding tert-OH is 1. The maximum atomic E-state index is 11.3. The Morgan fingerprint density at radius 3 is 2.62 bits per heavy atom. The van der Waals surface area contributed by atoms with Crippen LogP contribution in [0.3, 0.4) is 0 Å². The van der Waals surface area contributed by atoms with Crippen LogP contribution in [0.15, 0.2) is 12.1 Å². The molecule has 0 aliphatic heterocycles. The van der Waals surface area contributed by atoms with E-state index in [2.05, 4.69) is 0 Å². The molecule has 0 heterocycles. The Labute approximate surface area is 125 Å². The fourth-order valence-electron chi connectivity index (χ4n) is 1.83. The average Bonchev–Trinajstić information content (AvgIpc) is 2.42. The number of benzene rings is 1.